The third-order valence-corrected chi connectivity index (χ3v) is 3.86. The summed E-state index contributed by atoms with van der Waals surface area (Å²) in [5.41, 5.74) is 1.70. The van der Waals surface area contributed by atoms with Gasteiger partial charge in [-0.3, -0.25) is 0 Å². The highest BCUT2D eigenvalue weighted by Gasteiger charge is 2.11. The average molecular weight is 414 g/mol. The molecule has 0 aliphatic carbocycles. The molecule has 0 bridgehead atoms. The number of carbonyl (C=O) groups is 2. The lowest BCUT2D eigenvalue weighted by Gasteiger charge is -2.05. The molecule has 8 nitrogen and oxygen atoms in total. The first-order valence-corrected chi connectivity index (χ1v) is 8.87. The van der Waals surface area contributed by atoms with Crippen molar-refractivity contribution in [1.29, 1.82) is 0 Å². The zero-order valence-corrected chi connectivity index (χ0v) is 15.6. The van der Waals surface area contributed by atoms with Crippen LogP contribution in [0.5, 0.6) is 0 Å². The van der Waals surface area contributed by atoms with Gasteiger partial charge in [0.1, 0.15) is 26.6 Å². The second-order valence-electron chi connectivity index (χ2n) is 5.85. The number of hydrogen-bond acceptors (Lipinski definition) is 8. The lowest BCUT2D eigenvalue weighted by molar-refractivity contribution is 0.0473. The van der Waals surface area contributed by atoms with Crippen LogP contribution < -0.4 is 0 Å². The Morgan fingerprint density at radius 2 is 0.967 bits per heavy atom. The van der Waals surface area contributed by atoms with Gasteiger partial charge >= 0.3 is 11.9 Å². The van der Waals surface area contributed by atoms with Crippen LogP contribution in [0.2, 0.25) is 0 Å². The Morgan fingerprint density at radius 3 is 1.27 bits per heavy atom. The fraction of sp³-hybridized carbons (Fsp3) is 0.200. The first-order chi connectivity index (χ1) is 14.6. The molecule has 0 atom stereocenters. The molecule has 154 valence electrons. The number of ether oxygens (including phenoxy) is 2. The topological polar surface area (TPSA) is 104 Å². The van der Waals surface area contributed by atoms with Crippen LogP contribution in [0.1, 0.15) is 20.7 Å². The summed E-state index contributed by atoms with van der Waals surface area (Å²) in [4.78, 5) is 23.4. The highest BCUT2D eigenvalue weighted by atomic mass is 19.1. The molecule has 0 saturated heterocycles. The molecule has 1 aromatic heterocycles. The normalized spacial score (nSPS) is 10.5. The van der Waals surface area contributed by atoms with Crippen molar-refractivity contribution in [2.45, 2.75) is 0 Å². The van der Waals surface area contributed by atoms with Gasteiger partial charge in [0.2, 0.25) is 11.6 Å². The molecule has 0 N–H and O–H groups in total. The van der Waals surface area contributed by atoms with Crippen LogP contribution in [0.4, 0.5) is 8.78 Å². The summed E-state index contributed by atoms with van der Waals surface area (Å²) < 4.78 is 33.6. The Morgan fingerprint density at radius 1 is 0.633 bits per heavy atom. The molecule has 0 spiro atoms. The SMILES string of the molecule is O=C(OCCF)c1ccc(-c2nnc(-c3ccc(C(=O)OCCF)cc3)nn2)cc1. The minimum Gasteiger partial charge on any atom is -0.459 e. The van der Waals surface area contributed by atoms with Crippen LogP contribution in [0, 0.1) is 0 Å². The van der Waals surface area contributed by atoms with Crippen LogP contribution in [0.3, 0.4) is 0 Å². The first-order valence-electron chi connectivity index (χ1n) is 8.87. The lowest BCUT2D eigenvalue weighted by atomic mass is 10.1. The molecule has 30 heavy (non-hydrogen) atoms. The number of rotatable bonds is 8. The first kappa shape index (κ1) is 20.9. The van der Waals surface area contributed by atoms with Crippen LogP contribution in [-0.4, -0.2) is 58.9 Å². The van der Waals surface area contributed by atoms with E-state index in [0.29, 0.717) is 11.1 Å². The highest BCUT2D eigenvalue weighted by Crippen LogP contribution is 2.18. The number of nitrogens with zero attached hydrogens (tertiary/aromatic N) is 4. The molecule has 1 heterocycles. The van der Waals surface area contributed by atoms with Gasteiger partial charge in [-0.1, -0.05) is 24.3 Å². The molecule has 2 aromatic carbocycles. The van der Waals surface area contributed by atoms with Crippen LogP contribution in [-0.2, 0) is 9.47 Å². The Bertz CT molecular complexity index is 914. The number of halogens is 2. The van der Waals surface area contributed by atoms with E-state index in [1.165, 1.54) is 24.3 Å². The Hall–Kier alpha value is -3.82. The minimum absolute atomic E-state index is 0.244. The van der Waals surface area contributed by atoms with Crippen molar-refractivity contribution in [3.05, 3.63) is 59.7 Å². The fourth-order valence-electron chi connectivity index (χ4n) is 2.40. The van der Waals surface area contributed by atoms with Crippen molar-refractivity contribution in [3.8, 4) is 22.8 Å². The molecule has 0 radical (unpaired) electrons. The number of carbonyl (C=O) groups excluding carboxylic acids is 2. The van der Waals surface area contributed by atoms with Gasteiger partial charge in [0, 0.05) is 11.1 Å². The summed E-state index contributed by atoms with van der Waals surface area (Å²) in [6, 6.07) is 12.4. The van der Waals surface area contributed by atoms with Gasteiger partial charge in [-0.2, -0.15) is 0 Å². The molecule has 0 aliphatic rings. The molecule has 0 unspecified atom stereocenters. The number of alkyl halides is 2. The minimum atomic E-state index is -0.743. The van der Waals surface area contributed by atoms with E-state index in [1.54, 1.807) is 24.3 Å². The maximum atomic E-state index is 12.1. The second-order valence-corrected chi connectivity index (χ2v) is 5.85. The van der Waals surface area contributed by atoms with E-state index >= 15 is 0 Å². The summed E-state index contributed by atoms with van der Waals surface area (Å²) in [6.45, 7) is -2.07. The largest absolute Gasteiger partial charge is 0.459 e. The number of benzene rings is 2. The van der Waals surface area contributed by atoms with E-state index in [0.717, 1.165) is 0 Å². The van der Waals surface area contributed by atoms with E-state index in [2.05, 4.69) is 20.4 Å². The monoisotopic (exact) mass is 414 g/mol. The Kier molecular flexibility index (Phi) is 7.04. The molecule has 0 saturated carbocycles. The maximum absolute atomic E-state index is 12.1. The number of aromatic nitrogens is 4. The van der Waals surface area contributed by atoms with Crippen molar-refractivity contribution in [3.63, 3.8) is 0 Å². The van der Waals surface area contributed by atoms with Crippen molar-refractivity contribution in [2.75, 3.05) is 26.6 Å². The molecule has 0 fully saturated rings. The quantitative estimate of drug-likeness (QED) is 0.518. The summed E-state index contributed by atoms with van der Waals surface area (Å²) >= 11 is 0. The van der Waals surface area contributed by atoms with E-state index < -0.39 is 25.3 Å². The third-order valence-electron chi connectivity index (χ3n) is 3.86. The van der Waals surface area contributed by atoms with E-state index in [-0.39, 0.29) is 36.0 Å². The molecule has 10 heteroatoms. The van der Waals surface area contributed by atoms with Gasteiger partial charge in [-0.05, 0) is 24.3 Å². The van der Waals surface area contributed by atoms with Crippen molar-refractivity contribution in [1.82, 2.24) is 20.4 Å². The van der Waals surface area contributed by atoms with E-state index in [1.807, 2.05) is 0 Å². The zero-order valence-electron chi connectivity index (χ0n) is 15.6. The lowest BCUT2D eigenvalue weighted by Crippen LogP contribution is -2.07. The van der Waals surface area contributed by atoms with Gasteiger partial charge < -0.3 is 9.47 Å². The van der Waals surface area contributed by atoms with E-state index in [9.17, 15) is 18.4 Å². The van der Waals surface area contributed by atoms with Crippen molar-refractivity contribution >= 4 is 11.9 Å². The van der Waals surface area contributed by atoms with Crippen LogP contribution in [0.25, 0.3) is 22.8 Å². The van der Waals surface area contributed by atoms with Gasteiger partial charge in [0.25, 0.3) is 0 Å². The summed E-state index contributed by atoms with van der Waals surface area (Å²) in [7, 11) is 0. The predicted molar refractivity (Wildman–Crippen MR) is 101 cm³/mol. The summed E-state index contributed by atoms with van der Waals surface area (Å²) in [5, 5.41) is 16.1. The summed E-state index contributed by atoms with van der Waals surface area (Å²) in [5.74, 6) is -0.754. The number of esters is 2. The standard InChI is InChI=1S/C20H16F2N4O4/c21-9-11-29-19(27)15-5-1-13(2-6-15)17-23-25-18(26-24-17)14-3-7-16(8-4-14)20(28)30-12-10-22/h1-8H,9-12H2. The van der Waals surface area contributed by atoms with Crippen molar-refractivity contribution in [2.24, 2.45) is 0 Å². The van der Waals surface area contributed by atoms with Gasteiger partial charge in [-0.15, -0.1) is 20.4 Å². The van der Waals surface area contributed by atoms with Gasteiger partial charge in [-0.25, -0.2) is 18.4 Å². The highest BCUT2D eigenvalue weighted by molar-refractivity contribution is 5.90. The van der Waals surface area contributed by atoms with Crippen LogP contribution in [0.15, 0.2) is 48.5 Å². The molecular formula is C20H16F2N4O4. The zero-order chi connectivity index (χ0) is 21.3. The molecule has 0 amide bonds. The molecular weight excluding hydrogens is 398 g/mol. The molecule has 0 aliphatic heterocycles. The van der Waals surface area contributed by atoms with Crippen molar-refractivity contribution < 1.29 is 27.8 Å². The average Bonchev–Trinajstić information content (AvgIpc) is 2.81. The fourth-order valence-corrected chi connectivity index (χ4v) is 2.40. The van der Waals surface area contributed by atoms with Gasteiger partial charge in [0.05, 0.1) is 11.1 Å². The Balaban J connectivity index is 1.69. The second kappa shape index (κ2) is 10.1. The number of hydrogen-bond donors (Lipinski definition) is 0. The maximum Gasteiger partial charge on any atom is 0.338 e. The third kappa shape index (κ3) is 5.16. The van der Waals surface area contributed by atoms with Gasteiger partial charge in [0.15, 0.2) is 0 Å². The smallest absolute Gasteiger partial charge is 0.338 e. The Labute approximate surface area is 169 Å². The predicted octanol–water partition coefficient (Wildman–Crippen LogP) is 2.85. The molecule has 3 rings (SSSR count). The molecule has 3 aromatic rings. The van der Waals surface area contributed by atoms with Crippen LogP contribution >= 0.6 is 0 Å². The van der Waals surface area contributed by atoms with E-state index in [4.69, 9.17) is 9.47 Å². The summed E-state index contributed by atoms with van der Waals surface area (Å²) in [6.07, 6.45) is 0.